The van der Waals surface area contributed by atoms with Crippen LogP contribution in [-0.2, 0) is 13.2 Å². The molecule has 96 valence electrons. The molecule has 18 heavy (non-hydrogen) atoms. The fraction of sp³-hybridized carbons (Fsp3) is 0.231. The molecule has 0 aliphatic carbocycles. The van der Waals surface area contributed by atoms with E-state index in [1.54, 1.807) is 12.3 Å². The molecule has 0 unspecified atom stereocenters. The van der Waals surface area contributed by atoms with Crippen LogP contribution in [0.4, 0.5) is 4.39 Å². The van der Waals surface area contributed by atoms with Crippen molar-refractivity contribution in [1.82, 2.24) is 5.32 Å². The van der Waals surface area contributed by atoms with Crippen LogP contribution in [0.25, 0.3) is 0 Å². The highest BCUT2D eigenvalue weighted by molar-refractivity contribution is 9.10. The summed E-state index contributed by atoms with van der Waals surface area (Å²) in [5.74, 6) is 1.02. The van der Waals surface area contributed by atoms with Crippen LogP contribution < -0.4 is 10.1 Å². The highest BCUT2D eigenvalue weighted by Crippen LogP contribution is 2.26. The van der Waals surface area contributed by atoms with E-state index in [1.165, 1.54) is 12.1 Å². The lowest BCUT2D eigenvalue weighted by atomic mass is 10.3. The minimum absolute atomic E-state index is 0.302. The molecule has 0 atom stereocenters. The normalized spacial score (nSPS) is 10.6. The highest BCUT2D eigenvalue weighted by atomic mass is 79.9. The second-order valence-electron chi connectivity index (χ2n) is 3.82. The fourth-order valence-electron chi connectivity index (χ4n) is 1.54. The molecule has 2 rings (SSSR count). The van der Waals surface area contributed by atoms with Gasteiger partial charge in [0.25, 0.3) is 0 Å². The Morgan fingerprint density at radius 1 is 1.39 bits per heavy atom. The van der Waals surface area contributed by atoms with Gasteiger partial charge in [0.1, 0.15) is 23.9 Å². The average Bonchev–Trinajstić information content (AvgIpc) is 2.76. The number of ether oxygens (including phenoxy) is 1. The van der Waals surface area contributed by atoms with Crippen LogP contribution in [0.15, 0.2) is 39.4 Å². The van der Waals surface area contributed by atoms with E-state index in [0.717, 1.165) is 17.9 Å². The zero-order valence-corrected chi connectivity index (χ0v) is 11.5. The first-order valence-corrected chi connectivity index (χ1v) is 6.27. The summed E-state index contributed by atoms with van der Waals surface area (Å²) in [5.41, 5.74) is 1.06. The molecule has 1 aromatic carbocycles. The molecule has 1 N–H and O–H groups in total. The number of nitrogens with one attached hydrogen (secondary N) is 1. The van der Waals surface area contributed by atoms with Crippen molar-refractivity contribution in [1.29, 1.82) is 0 Å². The number of benzene rings is 1. The van der Waals surface area contributed by atoms with Crippen molar-refractivity contribution in [3.8, 4) is 5.75 Å². The molecule has 0 saturated heterocycles. The molecule has 0 aliphatic rings. The van der Waals surface area contributed by atoms with E-state index in [-0.39, 0.29) is 5.82 Å². The summed E-state index contributed by atoms with van der Waals surface area (Å²) < 4.78 is 24.4. The molecule has 1 heterocycles. The van der Waals surface area contributed by atoms with Gasteiger partial charge >= 0.3 is 0 Å². The van der Waals surface area contributed by atoms with Crippen molar-refractivity contribution in [2.24, 2.45) is 0 Å². The van der Waals surface area contributed by atoms with Crippen LogP contribution in [0.1, 0.15) is 11.3 Å². The van der Waals surface area contributed by atoms with Gasteiger partial charge < -0.3 is 14.5 Å². The molecule has 2 aromatic rings. The van der Waals surface area contributed by atoms with Crippen molar-refractivity contribution in [3.63, 3.8) is 0 Å². The molecule has 1 aromatic heterocycles. The lowest BCUT2D eigenvalue weighted by Crippen LogP contribution is -2.03. The lowest BCUT2D eigenvalue weighted by Gasteiger charge is -2.06. The van der Waals surface area contributed by atoms with E-state index >= 15 is 0 Å². The summed E-state index contributed by atoms with van der Waals surface area (Å²) in [6.45, 7) is 1.07. The molecular formula is C13H13BrFNO2. The van der Waals surface area contributed by atoms with Gasteiger partial charge in [-0.15, -0.1) is 0 Å². The summed E-state index contributed by atoms with van der Waals surface area (Å²) in [6, 6.07) is 6.23. The van der Waals surface area contributed by atoms with Gasteiger partial charge in [0.05, 0.1) is 10.7 Å². The van der Waals surface area contributed by atoms with E-state index in [9.17, 15) is 4.39 Å². The van der Waals surface area contributed by atoms with Crippen LogP contribution >= 0.6 is 15.9 Å². The van der Waals surface area contributed by atoms with Gasteiger partial charge in [-0.25, -0.2) is 4.39 Å². The first kappa shape index (κ1) is 13.1. The summed E-state index contributed by atoms with van der Waals surface area (Å²) in [7, 11) is 1.87. The van der Waals surface area contributed by atoms with Crippen LogP contribution in [0.5, 0.6) is 5.75 Å². The molecule has 0 saturated carbocycles. The van der Waals surface area contributed by atoms with Crippen molar-refractivity contribution in [2.45, 2.75) is 13.2 Å². The van der Waals surface area contributed by atoms with E-state index in [0.29, 0.717) is 16.8 Å². The summed E-state index contributed by atoms with van der Waals surface area (Å²) >= 11 is 3.25. The molecule has 0 fully saturated rings. The van der Waals surface area contributed by atoms with E-state index in [1.807, 2.05) is 13.1 Å². The number of rotatable bonds is 5. The molecule has 5 heteroatoms. The quantitative estimate of drug-likeness (QED) is 0.917. The zero-order chi connectivity index (χ0) is 13.0. The number of hydrogen-bond acceptors (Lipinski definition) is 3. The van der Waals surface area contributed by atoms with Crippen LogP contribution in [0.3, 0.4) is 0 Å². The Kier molecular flexibility index (Phi) is 4.38. The number of halogens is 2. The summed E-state index contributed by atoms with van der Waals surface area (Å²) in [6.07, 6.45) is 1.69. The monoisotopic (exact) mass is 313 g/mol. The first-order valence-electron chi connectivity index (χ1n) is 5.48. The predicted molar refractivity (Wildman–Crippen MR) is 69.9 cm³/mol. The third-order valence-corrected chi connectivity index (χ3v) is 2.97. The van der Waals surface area contributed by atoms with Crippen LogP contribution in [0.2, 0.25) is 0 Å². The Bertz CT molecular complexity index is 527. The minimum atomic E-state index is -0.302. The van der Waals surface area contributed by atoms with Gasteiger partial charge in [-0.05, 0) is 47.2 Å². The van der Waals surface area contributed by atoms with E-state index < -0.39 is 0 Å². The molecule has 0 aliphatic heterocycles. The Morgan fingerprint density at radius 2 is 2.22 bits per heavy atom. The SMILES string of the molecule is CNCc1coc(COc2ccc(F)cc2Br)c1. The molecular weight excluding hydrogens is 301 g/mol. The number of hydrogen-bond donors (Lipinski definition) is 1. The maximum atomic E-state index is 12.9. The van der Waals surface area contributed by atoms with Gasteiger partial charge in [0.15, 0.2) is 0 Å². The van der Waals surface area contributed by atoms with Crippen molar-refractivity contribution in [2.75, 3.05) is 7.05 Å². The van der Waals surface area contributed by atoms with Gasteiger partial charge in [-0.1, -0.05) is 0 Å². The van der Waals surface area contributed by atoms with Crippen LogP contribution in [0, 0.1) is 5.82 Å². The standard InChI is InChI=1S/C13H13BrFNO2/c1-16-6-9-4-11(17-7-9)8-18-13-3-2-10(15)5-12(13)14/h2-5,7,16H,6,8H2,1H3. The third kappa shape index (κ3) is 3.34. The largest absolute Gasteiger partial charge is 0.484 e. The zero-order valence-electron chi connectivity index (χ0n) is 9.87. The summed E-state index contributed by atoms with van der Waals surface area (Å²) in [4.78, 5) is 0. The topological polar surface area (TPSA) is 34.4 Å². The van der Waals surface area contributed by atoms with Gasteiger partial charge in [0, 0.05) is 12.1 Å². The van der Waals surface area contributed by atoms with Crippen LogP contribution in [-0.4, -0.2) is 7.05 Å². The lowest BCUT2D eigenvalue weighted by molar-refractivity contribution is 0.268. The Balaban J connectivity index is 1.97. The minimum Gasteiger partial charge on any atom is -0.484 e. The second kappa shape index (κ2) is 6.02. The van der Waals surface area contributed by atoms with E-state index in [2.05, 4.69) is 21.2 Å². The fourth-order valence-corrected chi connectivity index (χ4v) is 2.01. The van der Waals surface area contributed by atoms with Crippen molar-refractivity contribution < 1.29 is 13.5 Å². The molecule has 3 nitrogen and oxygen atoms in total. The summed E-state index contributed by atoms with van der Waals surface area (Å²) in [5, 5.41) is 3.04. The van der Waals surface area contributed by atoms with Crippen molar-refractivity contribution >= 4 is 15.9 Å². The molecule has 0 spiro atoms. The second-order valence-corrected chi connectivity index (χ2v) is 4.67. The Hall–Kier alpha value is -1.33. The van der Waals surface area contributed by atoms with Gasteiger partial charge in [-0.2, -0.15) is 0 Å². The average molecular weight is 314 g/mol. The third-order valence-electron chi connectivity index (χ3n) is 2.35. The van der Waals surface area contributed by atoms with Gasteiger partial charge in [-0.3, -0.25) is 0 Å². The Morgan fingerprint density at radius 3 is 2.94 bits per heavy atom. The Labute approximate surface area is 113 Å². The van der Waals surface area contributed by atoms with Gasteiger partial charge in [0.2, 0.25) is 0 Å². The first-order chi connectivity index (χ1) is 8.69. The maximum absolute atomic E-state index is 12.9. The molecule has 0 radical (unpaired) electrons. The smallest absolute Gasteiger partial charge is 0.146 e. The predicted octanol–water partition coefficient (Wildman–Crippen LogP) is 3.48. The van der Waals surface area contributed by atoms with E-state index in [4.69, 9.17) is 9.15 Å². The molecule has 0 bridgehead atoms. The highest BCUT2D eigenvalue weighted by Gasteiger charge is 2.05. The number of furan rings is 1. The maximum Gasteiger partial charge on any atom is 0.146 e. The van der Waals surface area contributed by atoms with Crippen molar-refractivity contribution in [3.05, 3.63) is 52.1 Å². The molecule has 0 amide bonds.